The topological polar surface area (TPSA) is 95.1 Å². The van der Waals surface area contributed by atoms with Gasteiger partial charge in [-0.3, -0.25) is 10.6 Å². The Balaban J connectivity index is 1.27. The maximum Gasteiger partial charge on any atom is 0.411 e. The van der Waals surface area contributed by atoms with Crippen LogP contribution in [0.5, 0.6) is 11.5 Å². The molecular weight excluding hydrogens is 544 g/mol. The summed E-state index contributed by atoms with van der Waals surface area (Å²) in [5.41, 5.74) is 1.29. The van der Waals surface area contributed by atoms with Crippen molar-refractivity contribution >= 4 is 56.7 Å². The summed E-state index contributed by atoms with van der Waals surface area (Å²) >= 11 is 6.36. The van der Waals surface area contributed by atoms with Crippen molar-refractivity contribution in [3.8, 4) is 11.5 Å². The third kappa shape index (κ3) is 7.17. The molecule has 0 aliphatic carbocycles. The van der Waals surface area contributed by atoms with Crippen LogP contribution in [-0.4, -0.2) is 38.6 Å². The average molecular weight is 571 g/mol. The molecule has 0 aliphatic rings. The number of nitrogens with one attached hydrogen (secondary N) is 2. The lowest BCUT2D eigenvalue weighted by Crippen LogP contribution is -2.18. The number of anilines is 2. The molecular formula is C32H27ClN2O6. The Kier molecular flexibility index (Phi) is 9.03. The van der Waals surface area contributed by atoms with Crippen molar-refractivity contribution in [2.75, 3.05) is 37.1 Å². The summed E-state index contributed by atoms with van der Waals surface area (Å²) in [7, 11) is 0. The predicted molar refractivity (Wildman–Crippen MR) is 160 cm³/mol. The van der Waals surface area contributed by atoms with Gasteiger partial charge in [0.2, 0.25) is 0 Å². The maximum absolute atomic E-state index is 12.1. The van der Waals surface area contributed by atoms with E-state index in [1.807, 2.05) is 66.7 Å². The summed E-state index contributed by atoms with van der Waals surface area (Å²) < 4.78 is 22.9. The Bertz CT molecular complexity index is 1650. The molecule has 8 nitrogen and oxygen atoms in total. The first-order chi connectivity index (χ1) is 20.1. The first kappa shape index (κ1) is 27.6. The fraction of sp³-hybridized carbons (Fsp3) is 0.125. The minimum absolute atomic E-state index is 0.0374. The molecule has 41 heavy (non-hydrogen) atoms. The van der Waals surface area contributed by atoms with Crippen LogP contribution in [0.15, 0.2) is 103 Å². The van der Waals surface area contributed by atoms with Crippen molar-refractivity contribution in [2.45, 2.75) is 0 Å². The molecule has 0 bridgehead atoms. The number of para-hydroxylation sites is 2. The molecule has 0 aliphatic heterocycles. The van der Waals surface area contributed by atoms with Gasteiger partial charge in [-0.1, -0.05) is 72.3 Å². The second-order valence-electron chi connectivity index (χ2n) is 8.84. The second-order valence-corrected chi connectivity index (χ2v) is 9.28. The first-order valence-corrected chi connectivity index (χ1v) is 13.3. The Hall–Kier alpha value is -4.95. The van der Waals surface area contributed by atoms with Gasteiger partial charge in [0.25, 0.3) is 0 Å². The van der Waals surface area contributed by atoms with Gasteiger partial charge in [-0.15, -0.1) is 0 Å². The molecule has 5 aromatic rings. The van der Waals surface area contributed by atoms with Crippen LogP contribution < -0.4 is 20.1 Å². The molecule has 208 valence electrons. The van der Waals surface area contributed by atoms with Gasteiger partial charge in [0.15, 0.2) is 0 Å². The van der Waals surface area contributed by atoms with Gasteiger partial charge in [0.05, 0.1) is 0 Å². The maximum atomic E-state index is 12.1. The zero-order chi connectivity index (χ0) is 28.4. The normalized spacial score (nSPS) is 10.7. The zero-order valence-electron chi connectivity index (χ0n) is 22.0. The van der Waals surface area contributed by atoms with Crippen molar-refractivity contribution in [1.82, 2.24) is 0 Å². The van der Waals surface area contributed by atoms with Crippen LogP contribution in [0.4, 0.5) is 21.0 Å². The molecule has 0 radical (unpaired) electrons. The fourth-order valence-electron chi connectivity index (χ4n) is 4.29. The van der Waals surface area contributed by atoms with Gasteiger partial charge in [-0.05, 0) is 42.5 Å². The van der Waals surface area contributed by atoms with E-state index in [4.69, 9.17) is 30.5 Å². The van der Waals surface area contributed by atoms with E-state index in [9.17, 15) is 9.59 Å². The van der Waals surface area contributed by atoms with E-state index >= 15 is 0 Å². The van der Waals surface area contributed by atoms with Crippen LogP contribution >= 0.6 is 11.6 Å². The number of carbonyl (C=O) groups is 2. The molecule has 5 aromatic carbocycles. The van der Waals surface area contributed by atoms with E-state index in [0.29, 0.717) is 27.9 Å². The largest absolute Gasteiger partial charge is 0.489 e. The van der Waals surface area contributed by atoms with Crippen molar-refractivity contribution in [1.29, 1.82) is 0 Å². The van der Waals surface area contributed by atoms with Gasteiger partial charge < -0.3 is 18.9 Å². The van der Waals surface area contributed by atoms with E-state index in [1.165, 1.54) is 0 Å². The number of fused-ring (bicyclic) bond motifs is 2. The van der Waals surface area contributed by atoms with Gasteiger partial charge in [-0.25, -0.2) is 9.59 Å². The Labute approximate surface area is 241 Å². The smallest absolute Gasteiger partial charge is 0.411 e. The third-order valence-electron chi connectivity index (χ3n) is 6.05. The van der Waals surface area contributed by atoms with Crippen molar-refractivity contribution in [3.05, 3.63) is 108 Å². The number of rotatable bonds is 10. The van der Waals surface area contributed by atoms with Crippen LogP contribution in [0.2, 0.25) is 5.02 Å². The summed E-state index contributed by atoms with van der Waals surface area (Å²) in [6.07, 6.45) is -1.13. The quantitative estimate of drug-likeness (QED) is 0.131. The molecule has 0 spiro atoms. The Morgan fingerprint density at radius 1 is 0.537 bits per heavy atom. The highest BCUT2D eigenvalue weighted by atomic mass is 35.5. The minimum atomic E-state index is -0.569. The highest BCUT2D eigenvalue weighted by Crippen LogP contribution is 2.43. The van der Waals surface area contributed by atoms with Gasteiger partial charge in [0.1, 0.15) is 37.9 Å². The van der Waals surface area contributed by atoms with Crippen molar-refractivity contribution in [3.63, 3.8) is 0 Å². The minimum Gasteiger partial charge on any atom is -0.489 e. The Morgan fingerprint density at radius 2 is 0.976 bits per heavy atom. The molecule has 2 amide bonds. The van der Waals surface area contributed by atoms with Gasteiger partial charge >= 0.3 is 12.2 Å². The molecule has 5 rings (SSSR count). The fourth-order valence-corrected chi connectivity index (χ4v) is 4.46. The molecule has 0 saturated carbocycles. The van der Waals surface area contributed by atoms with E-state index in [0.717, 1.165) is 21.5 Å². The highest BCUT2D eigenvalue weighted by molar-refractivity contribution is 6.31. The van der Waals surface area contributed by atoms with Crippen LogP contribution in [0.1, 0.15) is 0 Å². The average Bonchev–Trinajstić information content (AvgIpc) is 2.99. The summed E-state index contributed by atoms with van der Waals surface area (Å²) in [5.74, 6) is 1.21. The highest BCUT2D eigenvalue weighted by Gasteiger charge is 2.17. The van der Waals surface area contributed by atoms with Crippen LogP contribution in [0, 0.1) is 0 Å². The molecule has 0 fully saturated rings. The molecule has 0 unspecified atom stereocenters. The lowest BCUT2D eigenvalue weighted by molar-refractivity contribution is 0.137. The van der Waals surface area contributed by atoms with E-state index < -0.39 is 12.2 Å². The summed E-state index contributed by atoms with van der Waals surface area (Å²) in [5, 5.41) is 9.01. The molecule has 0 aromatic heterocycles. The number of benzene rings is 5. The summed E-state index contributed by atoms with van der Waals surface area (Å²) in [6.45, 7) is 0.339. The molecule has 2 N–H and O–H groups in total. The van der Waals surface area contributed by atoms with Gasteiger partial charge in [0, 0.05) is 37.9 Å². The lowest BCUT2D eigenvalue weighted by Gasteiger charge is -2.18. The number of hydrogen-bond acceptors (Lipinski definition) is 6. The first-order valence-electron chi connectivity index (χ1n) is 13.0. The number of amides is 2. The number of carbonyl (C=O) groups excluding carboxylic acids is 2. The van der Waals surface area contributed by atoms with Crippen LogP contribution in [-0.2, 0) is 9.47 Å². The molecule has 0 atom stereocenters. The molecule has 9 heteroatoms. The SMILES string of the molecule is O=C(Nc1ccccc1)OCCOc1c2ccccc2c(OCCOC(=O)Nc2ccccc2)c2cc(Cl)ccc12. The molecule has 0 saturated heterocycles. The Morgan fingerprint density at radius 3 is 1.49 bits per heavy atom. The van der Waals surface area contributed by atoms with Crippen LogP contribution in [0.25, 0.3) is 21.5 Å². The molecule has 0 heterocycles. The third-order valence-corrected chi connectivity index (χ3v) is 6.29. The van der Waals surface area contributed by atoms with Crippen molar-refractivity contribution in [2.24, 2.45) is 0 Å². The van der Waals surface area contributed by atoms with Crippen molar-refractivity contribution < 1.29 is 28.5 Å². The number of hydrogen-bond donors (Lipinski definition) is 2. The summed E-state index contributed by atoms with van der Waals surface area (Å²) in [6, 6.07) is 31.2. The van der Waals surface area contributed by atoms with Crippen LogP contribution in [0.3, 0.4) is 0 Å². The second kappa shape index (κ2) is 13.4. The van der Waals surface area contributed by atoms with E-state index in [2.05, 4.69) is 10.6 Å². The van der Waals surface area contributed by atoms with E-state index in [-0.39, 0.29) is 26.4 Å². The number of halogens is 1. The predicted octanol–water partition coefficient (Wildman–Crippen LogP) is 7.90. The lowest BCUT2D eigenvalue weighted by atomic mass is 10.0. The standard InChI is InChI=1S/C32H27ClN2O6/c33-22-15-16-27-28(21-22)30(39-18-20-41-32(37)35-24-11-5-2-6-12-24)26-14-8-7-13-25(26)29(27)38-17-19-40-31(36)34-23-9-3-1-4-10-23/h1-16,21H,17-20H2,(H,34,36)(H,35,37). The van der Waals surface area contributed by atoms with Gasteiger partial charge in [-0.2, -0.15) is 0 Å². The zero-order valence-corrected chi connectivity index (χ0v) is 22.7. The monoisotopic (exact) mass is 570 g/mol. The number of ether oxygens (including phenoxy) is 4. The summed E-state index contributed by atoms with van der Waals surface area (Å²) in [4.78, 5) is 24.3. The van der Waals surface area contributed by atoms with E-state index in [1.54, 1.807) is 36.4 Å².